The molecule has 1 fully saturated rings. The maximum Gasteiger partial charge on any atom is 0.0452 e. The molecule has 1 atom stereocenters. The summed E-state index contributed by atoms with van der Waals surface area (Å²) in [6.45, 7) is 9.60. The van der Waals surface area contributed by atoms with Crippen molar-refractivity contribution in [3.63, 3.8) is 0 Å². The van der Waals surface area contributed by atoms with E-state index in [9.17, 15) is 0 Å². The van der Waals surface area contributed by atoms with Gasteiger partial charge in [-0.2, -0.15) is 0 Å². The van der Waals surface area contributed by atoms with E-state index in [-0.39, 0.29) is 0 Å². The summed E-state index contributed by atoms with van der Waals surface area (Å²) in [6, 6.07) is 9.51. The van der Waals surface area contributed by atoms with Crippen molar-refractivity contribution in [1.29, 1.82) is 0 Å². The Balaban J connectivity index is 1.68. The Morgan fingerprint density at radius 2 is 2.05 bits per heavy atom. The first kappa shape index (κ1) is 14.1. The number of hydrogen-bond acceptors (Lipinski definition) is 2. The fraction of sp³-hybridized carbons (Fsp3) is 0.667. The van der Waals surface area contributed by atoms with Gasteiger partial charge in [0, 0.05) is 19.1 Å². The molecule has 2 heteroatoms. The third-order valence-corrected chi connectivity index (χ3v) is 5.67. The molecule has 3 rings (SSSR count). The second-order valence-corrected chi connectivity index (χ2v) is 6.65. The van der Waals surface area contributed by atoms with Crippen LogP contribution in [-0.4, -0.2) is 31.1 Å². The van der Waals surface area contributed by atoms with Crippen LogP contribution in [0.1, 0.15) is 50.3 Å². The van der Waals surface area contributed by atoms with Crippen molar-refractivity contribution in [2.45, 2.75) is 45.6 Å². The Morgan fingerprint density at radius 3 is 2.80 bits per heavy atom. The van der Waals surface area contributed by atoms with Gasteiger partial charge in [0.1, 0.15) is 0 Å². The van der Waals surface area contributed by atoms with E-state index in [2.05, 4.69) is 48.3 Å². The number of nitrogens with zero attached hydrogens (tertiary/aromatic N) is 1. The van der Waals surface area contributed by atoms with Gasteiger partial charge in [0.2, 0.25) is 0 Å². The van der Waals surface area contributed by atoms with Gasteiger partial charge in [-0.15, -0.1) is 0 Å². The van der Waals surface area contributed by atoms with Gasteiger partial charge in [0.15, 0.2) is 0 Å². The molecule has 20 heavy (non-hydrogen) atoms. The molecule has 0 bridgehead atoms. The molecule has 0 spiro atoms. The van der Waals surface area contributed by atoms with E-state index in [4.69, 9.17) is 0 Å². The summed E-state index contributed by atoms with van der Waals surface area (Å²) in [4.78, 5) is 2.69. The Hall–Kier alpha value is -0.860. The predicted molar refractivity (Wildman–Crippen MR) is 85.0 cm³/mol. The fourth-order valence-electron chi connectivity index (χ4n) is 4.02. The molecule has 110 valence electrons. The van der Waals surface area contributed by atoms with E-state index < -0.39 is 0 Å². The summed E-state index contributed by atoms with van der Waals surface area (Å²) in [5, 5.41) is 3.72. The summed E-state index contributed by atoms with van der Waals surface area (Å²) in [6.07, 6.45) is 5.22. The van der Waals surface area contributed by atoms with Crippen molar-refractivity contribution < 1.29 is 0 Å². The number of benzene rings is 1. The molecule has 0 saturated carbocycles. The molecule has 1 aromatic rings. The van der Waals surface area contributed by atoms with Crippen LogP contribution >= 0.6 is 0 Å². The minimum absolute atomic E-state index is 0.532. The third-order valence-electron chi connectivity index (χ3n) is 5.67. The molecule has 2 heterocycles. The standard InChI is InChI=1S/C18H28N2/c1-3-18(4-2)10-12-20(14-18)13-17-16-8-6-5-7-15(16)9-11-19-17/h5-8,17,19H,3-4,9-14H2,1-2H3. The van der Waals surface area contributed by atoms with E-state index in [1.165, 1.54) is 50.9 Å². The molecule has 2 aliphatic rings. The Bertz CT molecular complexity index is 450. The topological polar surface area (TPSA) is 15.3 Å². The minimum atomic E-state index is 0.532. The van der Waals surface area contributed by atoms with Gasteiger partial charge in [-0.1, -0.05) is 38.1 Å². The number of hydrogen-bond donors (Lipinski definition) is 1. The molecule has 0 amide bonds. The van der Waals surface area contributed by atoms with Gasteiger partial charge in [-0.05, 0) is 55.3 Å². The fourth-order valence-corrected chi connectivity index (χ4v) is 4.02. The molecule has 1 unspecified atom stereocenters. The molecule has 1 saturated heterocycles. The van der Waals surface area contributed by atoms with Crippen LogP contribution in [0.3, 0.4) is 0 Å². The molecular formula is C18H28N2. The average Bonchev–Trinajstić information content (AvgIpc) is 2.92. The Morgan fingerprint density at radius 1 is 1.25 bits per heavy atom. The Labute approximate surface area is 123 Å². The highest BCUT2D eigenvalue weighted by molar-refractivity contribution is 5.32. The smallest absolute Gasteiger partial charge is 0.0452 e. The van der Waals surface area contributed by atoms with Gasteiger partial charge >= 0.3 is 0 Å². The zero-order valence-corrected chi connectivity index (χ0v) is 13.0. The zero-order chi connectivity index (χ0) is 14.0. The number of rotatable bonds is 4. The summed E-state index contributed by atoms with van der Waals surface area (Å²) in [7, 11) is 0. The minimum Gasteiger partial charge on any atom is -0.309 e. The first-order chi connectivity index (χ1) is 9.76. The van der Waals surface area contributed by atoms with Crippen LogP contribution in [0.25, 0.3) is 0 Å². The van der Waals surface area contributed by atoms with Crippen LogP contribution < -0.4 is 5.32 Å². The molecule has 2 aliphatic heterocycles. The van der Waals surface area contributed by atoms with Crippen LogP contribution in [-0.2, 0) is 6.42 Å². The quantitative estimate of drug-likeness (QED) is 0.904. The highest BCUT2D eigenvalue weighted by atomic mass is 15.2. The summed E-state index contributed by atoms with van der Waals surface area (Å²) >= 11 is 0. The van der Waals surface area contributed by atoms with Crippen molar-refractivity contribution in [2.24, 2.45) is 5.41 Å². The van der Waals surface area contributed by atoms with E-state index in [1.54, 1.807) is 5.56 Å². The molecule has 0 radical (unpaired) electrons. The molecular weight excluding hydrogens is 244 g/mol. The van der Waals surface area contributed by atoms with E-state index in [0.29, 0.717) is 11.5 Å². The van der Waals surface area contributed by atoms with Gasteiger partial charge < -0.3 is 10.2 Å². The van der Waals surface area contributed by atoms with Crippen molar-refractivity contribution >= 4 is 0 Å². The van der Waals surface area contributed by atoms with Crippen molar-refractivity contribution in [3.05, 3.63) is 35.4 Å². The van der Waals surface area contributed by atoms with Crippen molar-refractivity contribution in [3.8, 4) is 0 Å². The number of likely N-dealkylation sites (tertiary alicyclic amines) is 1. The van der Waals surface area contributed by atoms with Crippen LogP contribution in [0.4, 0.5) is 0 Å². The second-order valence-electron chi connectivity index (χ2n) is 6.65. The third kappa shape index (κ3) is 2.64. The van der Waals surface area contributed by atoms with Gasteiger partial charge in [0.05, 0.1) is 0 Å². The van der Waals surface area contributed by atoms with Crippen molar-refractivity contribution in [2.75, 3.05) is 26.2 Å². The van der Waals surface area contributed by atoms with Crippen LogP contribution in [0.2, 0.25) is 0 Å². The lowest BCUT2D eigenvalue weighted by Gasteiger charge is -2.32. The average molecular weight is 272 g/mol. The highest BCUT2D eigenvalue weighted by Crippen LogP contribution is 2.37. The lowest BCUT2D eigenvalue weighted by Crippen LogP contribution is -2.39. The number of fused-ring (bicyclic) bond motifs is 1. The molecule has 0 aromatic heterocycles. The van der Waals surface area contributed by atoms with E-state index >= 15 is 0 Å². The molecule has 1 aromatic carbocycles. The largest absolute Gasteiger partial charge is 0.309 e. The summed E-state index contributed by atoms with van der Waals surface area (Å²) in [5.41, 5.74) is 3.67. The second kappa shape index (κ2) is 5.87. The molecule has 2 nitrogen and oxygen atoms in total. The van der Waals surface area contributed by atoms with Gasteiger partial charge in [0.25, 0.3) is 0 Å². The first-order valence-corrected chi connectivity index (χ1v) is 8.30. The molecule has 0 aliphatic carbocycles. The van der Waals surface area contributed by atoms with Gasteiger partial charge in [-0.3, -0.25) is 0 Å². The van der Waals surface area contributed by atoms with Crippen LogP contribution in [0.15, 0.2) is 24.3 Å². The normalized spacial score (nSPS) is 25.6. The summed E-state index contributed by atoms with van der Waals surface area (Å²) in [5.74, 6) is 0. The highest BCUT2D eigenvalue weighted by Gasteiger charge is 2.36. The van der Waals surface area contributed by atoms with E-state index in [0.717, 1.165) is 6.54 Å². The maximum atomic E-state index is 3.72. The monoisotopic (exact) mass is 272 g/mol. The maximum absolute atomic E-state index is 3.72. The SMILES string of the molecule is CCC1(CC)CCN(CC2NCCc3ccccc32)C1. The van der Waals surface area contributed by atoms with E-state index in [1.807, 2.05) is 0 Å². The van der Waals surface area contributed by atoms with Crippen LogP contribution in [0.5, 0.6) is 0 Å². The predicted octanol–water partition coefficient (Wildman–Crippen LogP) is 3.39. The lowest BCUT2D eigenvalue weighted by molar-refractivity contribution is 0.223. The number of nitrogens with one attached hydrogen (secondary N) is 1. The van der Waals surface area contributed by atoms with Gasteiger partial charge in [-0.25, -0.2) is 0 Å². The lowest BCUT2D eigenvalue weighted by atomic mass is 9.82. The molecule has 1 N–H and O–H groups in total. The van der Waals surface area contributed by atoms with Crippen molar-refractivity contribution in [1.82, 2.24) is 10.2 Å². The first-order valence-electron chi connectivity index (χ1n) is 8.30. The summed E-state index contributed by atoms with van der Waals surface area (Å²) < 4.78 is 0. The Kier molecular flexibility index (Phi) is 4.13. The van der Waals surface area contributed by atoms with Crippen LogP contribution in [0, 0.1) is 5.41 Å². The zero-order valence-electron chi connectivity index (χ0n) is 13.0.